The molecule has 1 aliphatic carbocycles. The summed E-state index contributed by atoms with van der Waals surface area (Å²) in [5, 5.41) is 1.56. The normalized spacial score (nSPS) is 26.7. The monoisotopic (exact) mass is 351 g/mol. The predicted molar refractivity (Wildman–Crippen MR) is 99.6 cm³/mol. The first-order valence-corrected chi connectivity index (χ1v) is 8.95. The zero-order valence-corrected chi connectivity index (χ0v) is 14.9. The van der Waals surface area contributed by atoms with Crippen LogP contribution in [0.5, 0.6) is 5.75 Å². The molecule has 25 heavy (non-hydrogen) atoms. The second-order valence-electron chi connectivity index (χ2n) is 7.17. The van der Waals surface area contributed by atoms with Crippen molar-refractivity contribution < 1.29 is 4.74 Å². The molecule has 0 amide bonds. The largest absolute Gasteiger partial charge is 0.492 e. The summed E-state index contributed by atoms with van der Waals surface area (Å²) < 4.78 is 7.85. The lowest BCUT2D eigenvalue weighted by atomic mass is 9.82. The van der Waals surface area contributed by atoms with Crippen molar-refractivity contribution in [2.45, 2.75) is 12.3 Å². The summed E-state index contributed by atoms with van der Waals surface area (Å²) in [6, 6.07) is 16.0. The molecule has 0 bridgehead atoms. The molecule has 2 aliphatic rings. The van der Waals surface area contributed by atoms with E-state index < -0.39 is 0 Å². The van der Waals surface area contributed by atoms with Crippen molar-refractivity contribution in [3.05, 3.63) is 75.0 Å². The number of aromatic nitrogens is 1. The number of hydrogen-bond acceptors (Lipinski definition) is 2. The first-order valence-electron chi connectivity index (χ1n) is 8.58. The Bertz CT molecular complexity index is 1070. The highest BCUT2D eigenvalue weighted by molar-refractivity contribution is 6.31. The lowest BCUT2D eigenvalue weighted by Gasteiger charge is -2.28. The van der Waals surface area contributed by atoms with Crippen LogP contribution in [0.3, 0.4) is 0 Å². The van der Waals surface area contributed by atoms with E-state index in [0.717, 1.165) is 16.5 Å². The maximum atomic E-state index is 13.3. The molecule has 4 heteroatoms. The van der Waals surface area contributed by atoms with Gasteiger partial charge in [-0.2, -0.15) is 0 Å². The fraction of sp³-hybridized carbons (Fsp3) is 0.286. The van der Waals surface area contributed by atoms with Crippen molar-refractivity contribution in [1.82, 2.24) is 4.57 Å². The summed E-state index contributed by atoms with van der Waals surface area (Å²) in [5.74, 6) is 1.43. The lowest BCUT2D eigenvalue weighted by Crippen LogP contribution is -2.34. The van der Waals surface area contributed by atoms with E-state index in [9.17, 15) is 4.79 Å². The van der Waals surface area contributed by atoms with E-state index in [2.05, 4.69) is 19.1 Å². The summed E-state index contributed by atoms with van der Waals surface area (Å²) in [4.78, 5) is 13.3. The van der Waals surface area contributed by atoms with Crippen LogP contribution in [-0.2, 0) is 12.5 Å². The Hall–Kier alpha value is -2.26. The number of fused-ring (bicyclic) bond motifs is 5. The number of benzene rings is 2. The molecule has 5 rings (SSSR count). The molecule has 1 aliphatic heterocycles. The van der Waals surface area contributed by atoms with Crippen LogP contribution >= 0.6 is 11.6 Å². The molecule has 126 valence electrons. The van der Waals surface area contributed by atoms with Crippen molar-refractivity contribution in [1.29, 1.82) is 0 Å². The van der Waals surface area contributed by atoms with Gasteiger partial charge in [0.2, 0.25) is 0 Å². The molecule has 2 aromatic carbocycles. The van der Waals surface area contributed by atoms with Crippen molar-refractivity contribution in [2.24, 2.45) is 18.9 Å². The molecule has 0 saturated heterocycles. The quantitative estimate of drug-likeness (QED) is 0.660. The first-order chi connectivity index (χ1) is 12.1. The molecule has 3 nitrogen and oxygen atoms in total. The van der Waals surface area contributed by atoms with E-state index in [-0.39, 0.29) is 11.0 Å². The van der Waals surface area contributed by atoms with Crippen LogP contribution < -0.4 is 10.3 Å². The maximum Gasteiger partial charge on any atom is 0.258 e. The molecule has 3 atom stereocenters. The molecule has 1 saturated carbocycles. The van der Waals surface area contributed by atoms with Gasteiger partial charge in [-0.25, -0.2) is 0 Å². The molecule has 2 heterocycles. The predicted octanol–water partition coefficient (Wildman–Crippen LogP) is 4.14. The van der Waals surface area contributed by atoms with Crippen molar-refractivity contribution >= 4 is 22.5 Å². The molecular formula is C21H18ClNO2. The number of halogens is 1. The Labute approximate surface area is 150 Å². The number of hydrogen-bond donors (Lipinski definition) is 0. The maximum absolute atomic E-state index is 13.3. The zero-order valence-electron chi connectivity index (χ0n) is 14.1. The SMILES string of the molecule is CC1C2COc3c(c(=O)n(C)c4ccc(Cl)cc34)C12c1ccccc1. The summed E-state index contributed by atoms with van der Waals surface area (Å²) in [7, 11) is 1.83. The van der Waals surface area contributed by atoms with Crippen molar-refractivity contribution in [3.8, 4) is 5.75 Å². The second kappa shape index (κ2) is 4.89. The second-order valence-corrected chi connectivity index (χ2v) is 7.61. The van der Waals surface area contributed by atoms with E-state index in [1.165, 1.54) is 5.56 Å². The molecular weight excluding hydrogens is 334 g/mol. The lowest BCUT2D eigenvalue weighted by molar-refractivity contribution is 0.267. The molecule has 3 unspecified atom stereocenters. The molecule has 0 N–H and O–H groups in total. The van der Waals surface area contributed by atoms with E-state index in [1.807, 2.05) is 43.4 Å². The van der Waals surface area contributed by atoms with Gasteiger partial charge in [0.1, 0.15) is 5.75 Å². The van der Waals surface area contributed by atoms with Crippen LogP contribution in [-0.4, -0.2) is 11.2 Å². The third-order valence-electron chi connectivity index (χ3n) is 6.18. The Kier molecular flexibility index (Phi) is 2.94. The van der Waals surface area contributed by atoms with Gasteiger partial charge < -0.3 is 9.30 Å². The number of nitrogens with zero attached hydrogens (tertiary/aromatic N) is 1. The van der Waals surface area contributed by atoms with E-state index in [1.54, 1.807) is 4.57 Å². The number of aryl methyl sites for hydroxylation is 1. The highest BCUT2D eigenvalue weighted by Crippen LogP contribution is 2.67. The fourth-order valence-electron chi connectivity index (χ4n) is 4.85. The molecule has 1 fully saturated rings. The number of rotatable bonds is 1. The Morgan fingerprint density at radius 2 is 1.96 bits per heavy atom. The zero-order chi connectivity index (χ0) is 17.3. The van der Waals surface area contributed by atoms with Gasteiger partial charge in [0.05, 0.1) is 17.7 Å². The minimum atomic E-state index is -0.250. The van der Waals surface area contributed by atoms with Gasteiger partial charge >= 0.3 is 0 Å². The Morgan fingerprint density at radius 1 is 1.20 bits per heavy atom. The molecule has 0 spiro atoms. The Morgan fingerprint density at radius 3 is 2.72 bits per heavy atom. The van der Waals surface area contributed by atoms with Crippen LogP contribution in [0.4, 0.5) is 0 Å². The number of ether oxygens (including phenoxy) is 1. The molecule has 3 aromatic rings. The number of pyridine rings is 1. The van der Waals surface area contributed by atoms with Gasteiger partial charge in [-0.1, -0.05) is 48.9 Å². The van der Waals surface area contributed by atoms with Crippen LogP contribution in [0.2, 0.25) is 5.02 Å². The van der Waals surface area contributed by atoms with Gasteiger partial charge in [-0.15, -0.1) is 0 Å². The van der Waals surface area contributed by atoms with Gasteiger partial charge in [-0.3, -0.25) is 4.79 Å². The third-order valence-corrected chi connectivity index (χ3v) is 6.42. The molecule has 1 aromatic heterocycles. The average Bonchev–Trinajstić information content (AvgIpc) is 3.25. The standard InChI is InChI=1S/C21H18ClNO2/c1-12-16-11-25-19-15-10-14(22)8-9-17(15)23(2)20(24)18(19)21(12,16)13-6-4-3-5-7-13/h3-10,12,16H,11H2,1-2H3. The van der Waals surface area contributed by atoms with E-state index in [4.69, 9.17) is 16.3 Å². The van der Waals surface area contributed by atoms with E-state index >= 15 is 0 Å². The van der Waals surface area contributed by atoms with Gasteiger partial charge in [0.15, 0.2) is 0 Å². The van der Waals surface area contributed by atoms with Crippen LogP contribution in [0.25, 0.3) is 10.9 Å². The molecule has 0 radical (unpaired) electrons. The topological polar surface area (TPSA) is 31.2 Å². The first kappa shape index (κ1) is 15.0. The average molecular weight is 352 g/mol. The van der Waals surface area contributed by atoms with E-state index in [0.29, 0.717) is 29.2 Å². The smallest absolute Gasteiger partial charge is 0.258 e. The van der Waals surface area contributed by atoms with Crippen molar-refractivity contribution in [3.63, 3.8) is 0 Å². The minimum absolute atomic E-state index is 0.0303. The fourth-order valence-corrected chi connectivity index (χ4v) is 5.03. The van der Waals surface area contributed by atoms with Gasteiger partial charge in [0.25, 0.3) is 5.56 Å². The highest BCUT2D eigenvalue weighted by Gasteiger charge is 2.68. The van der Waals surface area contributed by atoms with Gasteiger partial charge in [0, 0.05) is 28.8 Å². The highest BCUT2D eigenvalue weighted by atomic mass is 35.5. The summed E-state index contributed by atoms with van der Waals surface area (Å²) in [5.41, 5.74) is 2.63. The van der Waals surface area contributed by atoms with Crippen molar-refractivity contribution in [2.75, 3.05) is 6.61 Å². The Balaban J connectivity index is 1.92. The van der Waals surface area contributed by atoms with Crippen LogP contribution in [0.1, 0.15) is 18.1 Å². The van der Waals surface area contributed by atoms with Gasteiger partial charge in [-0.05, 0) is 29.7 Å². The summed E-state index contributed by atoms with van der Waals surface area (Å²) in [6.45, 7) is 2.86. The summed E-state index contributed by atoms with van der Waals surface area (Å²) >= 11 is 6.24. The van der Waals surface area contributed by atoms with Crippen LogP contribution in [0, 0.1) is 11.8 Å². The van der Waals surface area contributed by atoms with Crippen LogP contribution in [0.15, 0.2) is 53.3 Å². The third kappa shape index (κ3) is 1.74. The summed E-state index contributed by atoms with van der Waals surface area (Å²) in [6.07, 6.45) is 0. The minimum Gasteiger partial charge on any atom is -0.492 e.